The first-order valence-corrected chi connectivity index (χ1v) is 9.01. The topological polar surface area (TPSA) is 20.3 Å². The van der Waals surface area contributed by atoms with Crippen LogP contribution in [0.3, 0.4) is 0 Å². The minimum Gasteiger partial charge on any atom is -0.303 e. The lowest BCUT2D eigenvalue weighted by atomic mass is 10.0. The number of amides is 1. The van der Waals surface area contributed by atoms with Gasteiger partial charge in [-0.05, 0) is 29.3 Å². The van der Waals surface area contributed by atoms with E-state index >= 15 is 0 Å². The third-order valence-corrected chi connectivity index (χ3v) is 5.05. The first-order chi connectivity index (χ1) is 12.6. The van der Waals surface area contributed by atoms with E-state index in [9.17, 15) is 4.79 Å². The number of hydrogen-bond donors (Lipinski definition) is 0. The summed E-state index contributed by atoms with van der Waals surface area (Å²) >= 11 is 12.8. The van der Waals surface area contributed by atoms with Crippen molar-refractivity contribution in [3.05, 3.63) is 101 Å². The minimum atomic E-state index is -0.111. The maximum absolute atomic E-state index is 13.2. The SMILES string of the molecule is O=C1/C(=C(\Cl)c2ccccc2)c2cc(Cl)ccc2N1Cc1ccccc1. The molecule has 0 radical (unpaired) electrons. The number of anilines is 1. The van der Waals surface area contributed by atoms with E-state index in [4.69, 9.17) is 23.2 Å². The molecule has 2 nitrogen and oxygen atoms in total. The Hall–Kier alpha value is -2.55. The van der Waals surface area contributed by atoms with Crippen LogP contribution in [0.15, 0.2) is 78.9 Å². The fraction of sp³-hybridized carbons (Fsp3) is 0.0455. The molecule has 0 aromatic heterocycles. The van der Waals surface area contributed by atoms with Crippen molar-refractivity contribution in [1.29, 1.82) is 0 Å². The maximum atomic E-state index is 13.2. The summed E-state index contributed by atoms with van der Waals surface area (Å²) in [6.07, 6.45) is 0. The molecule has 4 heteroatoms. The number of hydrogen-bond acceptors (Lipinski definition) is 1. The lowest BCUT2D eigenvalue weighted by Gasteiger charge is -2.17. The molecule has 0 atom stereocenters. The molecule has 3 aromatic carbocycles. The van der Waals surface area contributed by atoms with Gasteiger partial charge in [-0.2, -0.15) is 0 Å². The molecule has 26 heavy (non-hydrogen) atoms. The van der Waals surface area contributed by atoms with Gasteiger partial charge in [-0.1, -0.05) is 83.9 Å². The molecule has 1 heterocycles. The lowest BCUT2D eigenvalue weighted by Crippen LogP contribution is -2.25. The van der Waals surface area contributed by atoms with Gasteiger partial charge in [0.05, 0.1) is 22.8 Å². The number of carbonyl (C=O) groups is 1. The molecule has 4 rings (SSSR count). The third kappa shape index (κ3) is 3.03. The molecule has 0 bridgehead atoms. The molecular formula is C22H15Cl2NO. The van der Waals surface area contributed by atoms with E-state index in [2.05, 4.69) is 0 Å². The second kappa shape index (κ2) is 6.99. The number of carbonyl (C=O) groups excluding carboxylic acids is 1. The molecule has 0 saturated heterocycles. The Morgan fingerprint density at radius 3 is 2.23 bits per heavy atom. The summed E-state index contributed by atoms with van der Waals surface area (Å²) in [5.41, 5.74) is 3.95. The Morgan fingerprint density at radius 2 is 1.54 bits per heavy atom. The van der Waals surface area contributed by atoms with Crippen molar-refractivity contribution in [2.45, 2.75) is 6.54 Å². The summed E-state index contributed by atoms with van der Waals surface area (Å²) in [6.45, 7) is 0.483. The molecule has 1 amide bonds. The van der Waals surface area contributed by atoms with Crippen LogP contribution < -0.4 is 4.90 Å². The van der Waals surface area contributed by atoms with Crippen LogP contribution in [0.2, 0.25) is 5.02 Å². The van der Waals surface area contributed by atoms with Gasteiger partial charge >= 0.3 is 0 Å². The van der Waals surface area contributed by atoms with Crippen LogP contribution in [-0.4, -0.2) is 5.91 Å². The van der Waals surface area contributed by atoms with Gasteiger partial charge in [0.15, 0.2) is 0 Å². The minimum absolute atomic E-state index is 0.111. The fourth-order valence-electron chi connectivity index (χ4n) is 3.17. The van der Waals surface area contributed by atoms with E-state index < -0.39 is 0 Å². The van der Waals surface area contributed by atoms with Crippen LogP contribution in [0.4, 0.5) is 5.69 Å². The predicted molar refractivity (Wildman–Crippen MR) is 108 cm³/mol. The van der Waals surface area contributed by atoms with Crippen LogP contribution in [-0.2, 0) is 11.3 Å². The van der Waals surface area contributed by atoms with Gasteiger partial charge in [0.25, 0.3) is 5.91 Å². The van der Waals surface area contributed by atoms with Crippen LogP contribution in [0.1, 0.15) is 16.7 Å². The van der Waals surface area contributed by atoms with Gasteiger partial charge in [0.1, 0.15) is 0 Å². The zero-order valence-corrected chi connectivity index (χ0v) is 15.3. The maximum Gasteiger partial charge on any atom is 0.260 e. The van der Waals surface area contributed by atoms with Gasteiger partial charge < -0.3 is 4.90 Å². The summed E-state index contributed by atoms with van der Waals surface area (Å²) in [7, 11) is 0. The summed E-state index contributed by atoms with van der Waals surface area (Å²) in [5.74, 6) is -0.111. The molecular weight excluding hydrogens is 365 g/mol. The molecule has 0 unspecified atom stereocenters. The van der Waals surface area contributed by atoms with E-state index in [0.29, 0.717) is 22.2 Å². The Bertz CT molecular complexity index is 997. The molecule has 0 aliphatic carbocycles. The first kappa shape index (κ1) is 16.9. The van der Waals surface area contributed by atoms with E-state index in [-0.39, 0.29) is 5.91 Å². The molecule has 128 valence electrons. The van der Waals surface area contributed by atoms with Crippen molar-refractivity contribution in [1.82, 2.24) is 0 Å². The van der Waals surface area contributed by atoms with E-state index in [1.54, 1.807) is 17.0 Å². The predicted octanol–water partition coefficient (Wildman–Crippen LogP) is 5.99. The van der Waals surface area contributed by atoms with Crippen molar-refractivity contribution < 1.29 is 4.79 Å². The summed E-state index contributed by atoms with van der Waals surface area (Å²) in [5, 5.41) is 1.02. The Morgan fingerprint density at radius 1 is 0.885 bits per heavy atom. The van der Waals surface area contributed by atoms with Gasteiger partial charge in [0.2, 0.25) is 0 Å². The smallest absolute Gasteiger partial charge is 0.260 e. The van der Waals surface area contributed by atoms with E-state index in [1.807, 2.05) is 66.7 Å². The zero-order valence-electron chi connectivity index (χ0n) is 13.8. The average molecular weight is 380 g/mol. The highest BCUT2D eigenvalue weighted by Crippen LogP contribution is 2.43. The van der Waals surface area contributed by atoms with E-state index in [1.165, 1.54) is 0 Å². The van der Waals surface area contributed by atoms with Gasteiger partial charge in [-0.25, -0.2) is 0 Å². The molecule has 0 spiro atoms. The largest absolute Gasteiger partial charge is 0.303 e. The molecule has 3 aromatic rings. The summed E-state index contributed by atoms with van der Waals surface area (Å²) in [6, 6.07) is 24.9. The van der Waals surface area contributed by atoms with Crippen molar-refractivity contribution in [2.24, 2.45) is 0 Å². The summed E-state index contributed by atoms with van der Waals surface area (Å²) in [4.78, 5) is 15.0. The van der Waals surface area contributed by atoms with Crippen molar-refractivity contribution in [3.8, 4) is 0 Å². The highest BCUT2D eigenvalue weighted by molar-refractivity contribution is 6.59. The van der Waals surface area contributed by atoms with Crippen molar-refractivity contribution in [2.75, 3.05) is 4.90 Å². The molecule has 0 saturated carbocycles. The highest BCUT2D eigenvalue weighted by Gasteiger charge is 2.34. The average Bonchev–Trinajstić information content (AvgIpc) is 2.94. The van der Waals surface area contributed by atoms with Crippen LogP contribution in [0, 0.1) is 0 Å². The van der Waals surface area contributed by atoms with E-state index in [0.717, 1.165) is 22.4 Å². The van der Waals surface area contributed by atoms with Crippen LogP contribution >= 0.6 is 23.2 Å². The number of fused-ring (bicyclic) bond motifs is 1. The monoisotopic (exact) mass is 379 g/mol. The Balaban J connectivity index is 1.85. The second-order valence-electron chi connectivity index (χ2n) is 6.09. The highest BCUT2D eigenvalue weighted by atomic mass is 35.5. The number of benzene rings is 3. The standard InChI is InChI=1S/C22H15Cl2NO/c23-17-11-12-19-18(13-17)20(21(24)16-9-5-2-6-10-16)22(26)25(19)14-15-7-3-1-4-8-15/h1-13H,14H2/b21-20-. The first-order valence-electron chi connectivity index (χ1n) is 8.26. The van der Waals surface area contributed by atoms with Gasteiger partial charge in [-0.3, -0.25) is 4.79 Å². The quantitative estimate of drug-likeness (QED) is 0.511. The third-order valence-electron chi connectivity index (χ3n) is 4.41. The molecule has 0 N–H and O–H groups in total. The molecule has 1 aliphatic heterocycles. The zero-order chi connectivity index (χ0) is 18.1. The lowest BCUT2D eigenvalue weighted by molar-refractivity contribution is -0.113. The Labute approximate surface area is 162 Å². The van der Waals surface area contributed by atoms with Crippen molar-refractivity contribution >= 4 is 45.4 Å². The summed E-state index contributed by atoms with van der Waals surface area (Å²) < 4.78 is 0. The van der Waals surface area contributed by atoms with Crippen molar-refractivity contribution in [3.63, 3.8) is 0 Å². The number of nitrogens with zero attached hydrogens (tertiary/aromatic N) is 1. The van der Waals surface area contributed by atoms with Crippen LogP contribution in [0.25, 0.3) is 10.6 Å². The Kier molecular flexibility index (Phi) is 4.54. The molecule has 0 fully saturated rings. The fourth-order valence-corrected chi connectivity index (χ4v) is 3.65. The van der Waals surface area contributed by atoms with Crippen LogP contribution in [0.5, 0.6) is 0 Å². The number of rotatable bonds is 3. The molecule has 1 aliphatic rings. The normalized spacial score (nSPS) is 15.2. The van der Waals surface area contributed by atoms with Gasteiger partial charge in [-0.15, -0.1) is 0 Å². The van der Waals surface area contributed by atoms with Gasteiger partial charge in [0, 0.05) is 10.6 Å². The number of halogens is 2. The second-order valence-corrected chi connectivity index (χ2v) is 6.91.